The van der Waals surface area contributed by atoms with Crippen LogP contribution in [0.25, 0.3) is 10.6 Å². The summed E-state index contributed by atoms with van der Waals surface area (Å²) in [6.07, 6.45) is -0.622. The highest BCUT2D eigenvalue weighted by atomic mass is 79.9. The normalized spacial score (nSPS) is 10.4. The highest BCUT2D eigenvalue weighted by Crippen LogP contribution is 2.29. The van der Waals surface area contributed by atoms with E-state index >= 15 is 0 Å². The molecule has 1 amide bonds. The van der Waals surface area contributed by atoms with E-state index in [-0.39, 0.29) is 17.6 Å². The predicted octanol–water partition coefficient (Wildman–Crippen LogP) is 4.86. The van der Waals surface area contributed by atoms with Gasteiger partial charge >= 0.3 is 6.09 Å². The lowest BCUT2D eigenvalue weighted by atomic mass is 10.2. The molecule has 8 heteroatoms. The molecule has 0 aliphatic heterocycles. The molecule has 3 aromatic rings. The molecule has 2 aromatic carbocycles. The second-order valence-electron chi connectivity index (χ2n) is 4.73. The summed E-state index contributed by atoms with van der Waals surface area (Å²) in [6.45, 7) is 0.163. The van der Waals surface area contributed by atoms with Crippen molar-refractivity contribution in [1.82, 2.24) is 10.2 Å². The van der Waals surface area contributed by atoms with Gasteiger partial charge in [-0.15, -0.1) is 10.2 Å². The van der Waals surface area contributed by atoms with Crippen LogP contribution >= 0.6 is 27.3 Å². The first-order valence-corrected chi connectivity index (χ1v) is 8.49. The van der Waals surface area contributed by atoms with Gasteiger partial charge in [0.1, 0.15) is 17.4 Å². The van der Waals surface area contributed by atoms with Gasteiger partial charge in [-0.25, -0.2) is 9.18 Å². The van der Waals surface area contributed by atoms with Crippen molar-refractivity contribution in [2.45, 2.75) is 6.61 Å². The fourth-order valence-corrected chi connectivity index (χ4v) is 2.84. The molecular formula is C16H11BrFN3O2S. The number of carbonyl (C=O) groups is 1. The Morgan fingerprint density at radius 1 is 1.21 bits per heavy atom. The van der Waals surface area contributed by atoms with Gasteiger partial charge in [0, 0.05) is 5.56 Å². The third kappa shape index (κ3) is 4.15. The first kappa shape index (κ1) is 16.5. The number of hydrogen-bond donors (Lipinski definition) is 1. The Labute approximate surface area is 149 Å². The molecule has 0 fully saturated rings. The lowest BCUT2D eigenvalue weighted by molar-refractivity contribution is 0.155. The molecule has 3 rings (SSSR count). The van der Waals surface area contributed by atoms with Crippen LogP contribution in [0.5, 0.6) is 0 Å². The zero-order chi connectivity index (χ0) is 16.9. The molecule has 1 heterocycles. The van der Waals surface area contributed by atoms with Crippen LogP contribution in [0.15, 0.2) is 53.0 Å². The molecule has 0 aliphatic rings. The zero-order valence-electron chi connectivity index (χ0n) is 12.2. The Balaban J connectivity index is 1.61. The highest BCUT2D eigenvalue weighted by molar-refractivity contribution is 9.10. The number of anilines is 1. The number of nitrogens with zero attached hydrogens (tertiary/aromatic N) is 2. The Hall–Kier alpha value is -2.32. The van der Waals surface area contributed by atoms with Crippen molar-refractivity contribution >= 4 is 38.5 Å². The van der Waals surface area contributed by atoms with Gasteiger partial charge in [0.15, 0.2) is 0 Å². The molecule has 0 bridgehead atoms. The van der Waals surface area contributed by atoms with Crippen LogP contribution in [0.2, 0.25) is 0 Å². The van der Waals surface area contributed by atoms with Gasteiger partial charge in [0.05, 0.1) is 4.47 Å². The summed E-state index contributed by atoms with van der Waals surface area (Å²) < 4.78 is 19.0. The maximum atomic E-state index is 13.6. The lowest BCUT2D eigenvalue weighted by Crippen LogP contribution is -2.13. The van der Waals surface area contributed by atoms with Gasteiger partial charge in [-0.1, -0.05) is 47.7 Å². The van der Waals surface area contributed by atoms with E-state index in [2.05, 4.69) is 31.4 Å². The first-order chi connectivity index (χ1) is 11.6. The van der Waals surface area contributed by atoms with Crippen LogP contribution in [0, 0.1) is 5.82 Å². The number of ether oxygens (including phenoxy) is 1. The van der Waals surface area contributed by atoms with Crippen LogP contribution in [0.4, 0.5) is 14.3 Å². The van der Waals surface area contributed by atoms with E-state index in [0.717, 1.165) is 16.9 Å². The second kappa shape index (κ2) is 7.50. The lowest BCUT2D eigenvalue weighted by Gasteiger charge is -2.04. The summed E-state index contributed by atoms with van der Waals surface area (Å²) in [5.41, 5.74) is 1.47. The van der Waals surface area contributed by atoms with Crippen LogP contribution in [0.1, 0.15) is 5.56 Å². The number of carbonyl (C=O) groups excluding carboxylic acids is 1. The van der Waals surface area contributed by atoms with Crippen molar-refractivity contribution < 1.29 is 13.9 Å². The molecule has 5 nitrogen and oxygen atoms in total. The minimum Gasteiger partial charge on any atom is -0.444 e. The Bertz CT molecular complexity index is 858. The fraction of sp³-hybridized carbons (Fsp3) is 0.0625. The minimum absolute atomic E-state index is 0.163. The van der Waals surface area contributed by atoms with Gasteiger partial charge in [0.2, 0.25) is 5.13 Å². The smallest absolute Gasteiger partial charge is 0.413 e. The maximum absolute atomic E-state index is 13.6. The molecule has 0 spiro atoms. The Morgan fingerprint density at radius 3 is 2.75 bits per heavy atom. The third-order valence-corrected chi connectivity index (χ3v) is 4.54. The number of rotatable bonds is 4. The van der Waals surface area contributed by atoms with E-state index in [1.807, 2.05) is 30.3 Å². The molecule has 24 heavy (non-hydrogen) atoms. The quantitative estimate of drug-likeness (QED) is 0.670. The number of benzene rings is 2. The number of amides is 1. The standard InChI is InChI=1S/C16H11BrFN3O2S/c17-12-7-6-11(8-13(12)18)14-20-21-15(24-14)19-16(22)23-9-10-4-2-1-3-5-10/h1-8H,9H2,(H,19,21,22). The summed E-state index contributed by atoms with van der Waals surface area (Å²) in [4.78, 5) is 11.8. The molecule has 0 radical (unpaired) electrons. The topological polar surface area (TPSA) is 64.1 Å². The summed E-state index contributed by atoms with van der Waals surface area (Å²) in [5, 5.41) is 11.1. The molecular weight excluding hydrogens is 397 g/mol. The molecule has 1 N–H and O–H groups in total. The molecule has 0 saturated heterocycles. The Morgan fingerprint density at radius 2 is 2.00 bits per heavy atom. The first-order valence-electron chi connectivity index (χ1n) is 6.88. The van der Waals surface area contributed by atoms with Crippen molar-refractivity contribution in [2.24, 2.45) is 0 Å². The van der Waals surface area contributed by atoms with Gasteiger partial charge in [0.25, 0.3) is 0 Å². The van der Waals surface area contributed by atoms with Crippen LogP contribution in [-0.2, 0) is 11.3 Å². The van der Waals surface area contributed by atoms with Gasteiger partial charge < -0.3 is 4.74 Å². The molecule has 122 valence electrons. The number of hydrogen-bond acceptors (Lipinski definition) is 5. The number of aromatic nitrogens is 2. The SMILES string of the molecule is O=C(Nc1nnc(-c2ccc(Br)c(F)c2)s1)OCc1ccccc1. The third-order valence-electron chi connectivity index (χ3n) is 3.01. The van der Waals surface area contributed by atoms with Crippen molar-refractivity contribution in [1.29, 1.82) is 0 Å². The van der Waals surface area contributed by atoms with Gasteiger partial charge in [-0.2, -0.15) is 0 Å². The number of nitrogens with one attached hydrogen (secondary N) is 1. The van der Waals surface area contributed by atoms with Gasteiger partial charge in [-0.05, 0) is 33.6 Å². The predicted molar refractivity (Wildman–Crippen MR) is 93.3 cm³/mol. The van der Waals surface area contributed by atoms with E-state index in [4.69, 9.17) is 4.74 Å². The second-order valence-corrected chi connectivity index (χ2v) is 6.56. The summed E-state index contributed by atoms with van der Waals surface area (Å²) in [6, 6.07) is 14.0. The van der Waals surface area contributed by atoms with Crippen LogP contribution < -0.4 is 5.32 Å². The highest BCUT2D eigenvalue weighted by Gasteiger charge is 2.12. The Kier molecular flexibility index (Phi) is 5.17. The van der Waals surface area contributed by atoms with Crippen LogP contribution in [0.3, 0.4) is 0 Å². The van der Waals surface area contributed by atoms with Crippen molar-refractivity contribution in [3.05, 3.63) is 64.4 Å². The summed E-state index contributed by atoms with van der Waals surface area (Å²) in [7, 11) is 0. The molecule has 0 saturated carbocycles. The molecule has 0 aliphatic carbocycles. The molecule has 0 atom stereocenters. The van der Waals surface area contributed by atoms with E-state index in [1.54, 1.807) is 12.1 Å². The van der Waals surface area contributed by atoms with E-state index in [1.165, 1.54) is 6.07 Å². The largest absolute Gasteiger partial charge is 0.444 e. The fourth-order valence-electron chi connectivity index (χ4n) is 1.87. The van der Waals surface area contributed by atoms with Crippen molar-refractivity contribution in [3.63, 3.8) is 0 Å². The summed E-state index contributed by atoms with van der Waals surface area (Å²) >= 11 is 4.23. The van der Waals surface area contributed by atoms with E-state index < -0.39 is 6.09 Å². The van der Waals surface area contributed by atoms with Gasteiger partial charge in [-0.3, -0.25) is 5.32 Å². The monoisotopic (exact) mass is 407 g/mol. The van der Waals surface area contributed by atoms with Crippen molar-refractivity contribution in [2.75, 3.05) is 5.32 Å². The molecule has 0 unspecified atom stereocenters. The molecule has 1 aromatic heterocycles. The van der Waals surface area contributed by atoms with E-state index in [0.29, 0.717) is 15.0 Å². The number of halogens is 2. The van der Waals surface area contributed by atoms with Crippen LogP contribution in [-0.4, -0.2) is 16.3 Å². The maximum Gasteiger partial charge on any atom is 0.413 e. The zero-order valence-corrected chi connectivity index (χ0v) is 14.6. The average molecular weight is 408 g/mol. The average Bonchev–Trinajstić information content (AvgIpc) is 3.05. The minimum atomic E-state index is -0.622. The summed E-state index contributed by atoms with van der Waals surface area (Å²) in [5.74, 6) is -0.389. The van der Waals surface area contributed by atoms with Crippen molar-refractivity contribution in [3.8, 4) is 10.6 Å². The van der Waals surface area contributed by atoms with E-state index in [9.17, 15) is 9.18 Å².